The summed E-state index contributed by atoms with van der Waals surface area (Å²) >= 11 is 0. The quantitative estimate of drug-likeness (QED) is 0.129. The van der Waals surface area contributed by atoms with Gasteiger partial charge >= 0.3 is 17.9 Å². The molecule has 0 aliphatic rings. The van der Waals surface area contributed by atoms with Crippen LogP contribution in [0.3, 0.4) is 0 Å². The Bertz CT molecular complexity index is 1520. The number of nitrogens with zero attached hydrogens (tertiary/aromatic N) is 4. The number of carbonyl (C=O) groups is 4. The van der Waals surface area contributed by atoms with Gasteiger partial charge in [-0.1, -0.05) is 23.3 Å². The number of hydrogen-bond acceptors (Lipinski definition) is 14. The van der Waals surface area contributed by atoms with Gasteiger partial charge in [-0.15, -0.1) is 4.73 Å². The molecule has 0 aromatic carbocycles. The monoisotopic (exact) mass is 695 g/mol. The van der Waals surface area contributed by atoms with E-state index in [1.54, 1.807) is 27.8 Å². The second-order valence-electron chi connectivity index (χ2n) is 10.1. The van der Waals surface area contributed by atoms with E-state index in [4.69, 9.17) is 18.4 Å². The maximum absolute atomic E-state index is 13.2. The topological polar surface area (TPSA) is 207 Å². The summed E-state index contributed by atoms with van der Waals surface area (Å²) < 4.78 is 15.1. The van der Waals surface area contributed by atoms with Gasteiger partial charge in [0, 0.05) is 57.7 Å². The lowest BCUT2D eigenvalue weighted by molar-refractivity contribution is -0.150. The zero-order valence-electron chi connectivity index (χ0n) is 26.1. The highest BCUT2D eigenvalue weighted by atomic mass is 33.1. The molecule has 1 atom stereocenters. The molecule has 3 amide bonds. The van der Waals surface area contributed by atoms with E-state index in [0.717, 1.165) is 45.6 Å². The molecule has 0 aliphatic heterocycles. The summed E-state index contributed by atoms with van der Waals surface area (Å²) in [7, 11) is 6.06. The summed E-state index contributed by atoms with van der Waals surface area (Å²) in [5, 5.41) is 23.1. The van der Waals surface area contributed by atoms with E-state index in [0.29, 0.717) is 11.2 Å². The fourth-order valence-corrected chi connectivity index (χ4v) is 5.99. The highest BCUT2D eigenvalue weighted by Gasteiger charge is 2.30. The van der Waals surface area contributed by atoms with Crippen LogP contribution in [-0.2, 0) is 25.7 Å². The molecule has 0 radical (unpaired) electrons. The van der Waals surface area contributed by atoms with Crippen molar-refractivity contribution >= 4 is 45.5 Å². The van der Waals surface area contributed by atoms with Gasteiger partial charge in [-0.05, 0) is 42.7 Å². The predicted molar refractivity (Wildman–Crippen MR) is 169 cm³/mol. The van der Waals surface area contributed by atoms with Crippen LogP contribution in [0.15, 0.2) is 55.2 Å². The normalized spacial score (nSPS) is 11.5. The van der Waals surface area contributed by atoms with Crippen LogP contribution in [0.25, 0.3) is 0 Å². The Morgan fingerprint density at radius 2 is 1.81 bits per heavy atom. The Hall–Kier alpha value is -4.58. The van der Waals surface area contributed by atoms with E-state index >= 15 is 0 Å². The van der Waals surface area contributed by atoms with E-state index < -0.39 is 48.0 Å². The van der Waals surface area contributed by atoms with Crippen molar-refractivity contribution in [1.82, 2.24) is 24.8 Å². The van der Waals surface area contributed by atoms with Crippen LogP contribution < -0.4 is 16.0 Å². The fourth-order valence-electron chi connectivity index (χ4n) is 3.96. The van der Waals surface area contributed by atoms with E-state index in [9.17, 15) is 34.2 Å². The van der Waals surface area contributed by atoms with Crippen molar-refractivity contribution in [2.75, 3.05) is 32.9 Å². The average Bonchev–Trinajstić information content (AvgIpc) is 3.55. The van der Waals surface area contributed by atoms with Crippen LogP contribution in [0.2, 0.25) is 0 Å². The average molecular weight is 696 g/mol. The van der Waals surface area contributed by atoms with Crippen molar-refractivity contribution in [2.45, 2.75) is 56.7 Å². The van der Waals surface area contributed by atoms with Crippen LogP contribution in [0, 0.1) is 6.92 Å². The summed E-state index contributed by atoms with van der Waals surface area (Å²) in [5.74, 6) is -2.97. The molecule has 0 aliphatic carbocycles. The molecule has 0 saturated heterocycles. The summed E-state index contributed by atoms with van der Waals surface area (Å²) in [5.41, 5.74) is 0. The largest absolute Gasteiger partial charge is 0.519 e. The minimum Gasteiger partial charge on any atom is -0.492 e. The van der Waals surface area contributed by atoms with Crippen LogP contribution in [0.1, 0.15) is 43.6 Å². The molecule has 0 bridgehead atoms. The molecule has 3 aromatic heterocycles. The highest BCUT2D eigenvalue weighted by molar-refractivity contribution is 8.76. The van der Waals surface area contributed by atoms with E-state index in [1.807, 2.05) is 18.2 Å². The number of ether oxygens (including phenoxy) is 1. The van der Waals surface area contributed by atoms with E-state index in [1.165, 1.54) is 21.0 Å². The lowest BCUT2D eigenvalue weighted by Crippen LogP contribution is -2.50. The van der Waals surface area contributed by atoms with Gasteiger partial charge in [-0.25, -0.2) is 19.4 Å². The SMILES string of the molecule is Cc1oc(=O)oc1COC(=O)N(C)CCNC(=O)[C@H](CC(=O)On1c(O)ccc1O)N(C)C(=O)CCCCCSSc1ccccn1. The number of aryl methyl sites for hydroxylation is 1. The molecule has 3 N–H and O–H groups in total. The molecule has 0 spiro atoms. The number of aromatic nitrogens is 2. The number of aromatic hydroxyl groups is 2. The molecular weight excluding hydrogens is 658 g/mol. The maximum atomic E-state index is 13.2. The highest BCUT2D eigenvalue weighted by Crippen LogP contribution is 2.29. The molecule has 0 unspecified atom stereocenters. The number of hydrogen-bond donors (Lipinski definition) is 3. The van der Waals surface area contributed by atoms with Gasteiger partial charge in [0.05, 0.1) is 6.42 Å². The molecule has 0 fully saturated rings. The van der Waals surface area contributed by atoms with Gasteiger partial charge in [-0.3, -0.25) is 9.59 Å². The van der Waals surface area contributed by atoms with Gasteiger partial charge in [-0.2, -0.15) is 0 Å². The van der Waals surface area contributed by atoms with Crippen LogP contribution >= 0.6 is 21.6 Å². The maximum Gasteiger partial charge on any atom is 0.519 e. The first-order chi connectivity index (χ1) is 22.5. The first-order valence-electron chi connectivity index (χ1n) is 14.5. The Morgan fingerprint density at radius 3 is 2.47 bits per heavy atom. The molecule has 16 nitrogen and oxygen atoms in total. The Morgan fingerprint density at radius 1 is 1.06 bits per heavy atom. The predicted octanol–water partition coefficient (Wildman–Crippen LogP) is 2.71. The second-order valence-corrected chi connectivity index (χ2v) is 12.6. The molecule has 3 aromatic rings. The lowest BCUT2D eigenvalue weighted by Gasteiger charge is -2.27. The number of rotatable bonds is 18. The third-order valence-electron chi connectivity index (χ3n) is 6.64. The van der Waals surface area contributed by atoms with Crippen LogP contribution in [-0.4, -0.2) is 92.6 Å². The molecule has 3 heterocycles. The molecule has 0 saturated carbocycles. The van der Waals surface area contributed by atoms with Crippen molar-refractivity contribution in [3.05, 3.63) is 58.7 Å². The van der Waals surface area contributed by atoms with Gasteiger partial charge in [0.15, 0.2) is 18.1 Å². The van der Waals surface area contributed by atoms with E-state index in [2.05, 4.69) is 10.3 Å². The Kier molecular flexibility index (Phi) is 14.5. The van der Waals surface area contributed by atoms with Crippen LogP contribution in [0.5, 0.6) is 11.8 Å². The third-order valence-corrected chi connectivity index (χ3v) is 8.99. The summed E-state index contributed by atoms with van der Waals surface area (Å²) in [6, 6.07) is 6.61. The number of amides is 3. The number of likely N-dealkylation sites (N-methyl/N-ethyl adjacent to an activating group) is 2. The number of pyridine rings is 1. The zero-order valence-corrected chi connectivity index (χ0v) is 27.7. The van der Waals surface area contributed by atoms with Crippen molar-refractivity contribution < 1.29 is 47.8 Å². The molecule has 256 valence electrons. The molecule has 3 rings (SSSR count). The molecule has 47 heavy (non-hydrogen) atoms. The van der Waals surface area contributed by atoms with Gasteiger partial charge in [0.1, 0.15) is 11.1 Å². The van der Waals surface area contributed by atoms with Gasteiger partial charge < -0.3 is 43.7 Å². The summed E-state index contributed by atoms with van der Waals surface area (Å²) in [6.07, 6.45) is 2.71. The summed E-state index contributed by atoms with van der Waals surface area (Å²) in [6.45, 7) is 1.08. The zero-order chi connectivity index (χ0) is 34.3. The Labute approximate surface area is 277 Å². The van der Waals surface area contributed by atoms with Crippen molar-refractivity contribution in [3.63, 3.8) is 0 Å². The fraction of sp³-hybridized carbons (Fsp3) is 0.448. The minimum absolute atomic E-state index is 0.00450. The number of nitrogens with one attached hydrogen (secondary N) is 1. The van der Waals surface area contributed by atoms with Crippen molar-refractivity contribution in [3.8, 4) is 11.8 Å². The number of carbonyl (C=O) groups excluding carboxylic acids is 4. The van der Waals surface area contributed by atoms with E-state index in [-0.39, 0.29) is 43.5 Å². The summed E-state index contributed by atoms with van der Waals surface area (Å²) in [4.78, 5) is 74.0. The second kappa shape index (κ2) is 18.5. The first kappa shape index (κ1) is 36.9. The standard InChI is InChI=1S/C29H37N5O11S2/c1-19-21(44-29(41)43-19)18-42-28(40)32(2)15-14-31-27(39)20(17-26(38)45-34-24(36)11-12-25(34)37)33(3)23(35)10-5-4-8-16-46-47-22-9-6-7-13-30-22/h6-7,9,11-13,20,36-37H,4-5,8,10,14-18H2,1-3H3,(H,31,39)/t20-/m0/s1. The third kappa shape index (κ3) is 11.9. The van der Waals surface area contributed by atoms with Gasteiger partial charge in [0.25, 0.3) is 0 Å². The Balaban J connectivity index is 1.50. The first-order valence-corrected chi connectivity index (χ1v) is 16.8. The van der Waals surface area contributed by atoms with Crippen molar-refractivity contribution in [1.29, 1.82) is 0 Å². The minimum atomic E-state index is -1.30. The number of unbranched alkanes of at least 4 members (excludes halogenated alkanes) is 2. The van der Waals surface area contributed by atoms with Crippen LogP contribution in [0.4, 0.5) is 4.79 Å². The van der Waals surface area contributed by atoms with Gasteiger partial charge in [0.2, 0.25) is 23.6 Å². The smallest absolute Gasteiger partial charge is 0.492 e. The van der Waals surface area contributed by atoms with Crippen molar-refractivity contribution in [2.24, 2.45) is 0 Å². The molecular formula is C29H37N5O11S2. The lowest BCUT2D eigenvalue weighted by atomic mass is 10.1. The molecule has 18 heteroatoms.